The fourth-order valence-electron chi connectivity index (χ4n) is 1.42. The van der Waals surface area contributed by atoms with E-state index in [9.17, 15) is 9.59 Å². The Balaban J connectivity index is 3.75. The normalized spacial score (nSPS) is 12.1. The van der Waals surface area contributed by atoms with Crippen molar-refractivity contribution in [2.45, 2.75) is 32.4 Å². The van der Waals surface area contributed by atoms with E-state index >= 15 is 0 Å². The maximum atomic E-state index is 11.6. The molecule has 1 amide bonds. The SMILES string of the molecule is CC(C)(C)OC(=O)N[C@@H](COCCOCCOCCN=[N+]=[N-])C(=O)O. The number of carbonyl (C=O) groups is 2. The molecule has 0 saturated carbocycles. The first-order valence-electron chi connectivity index (χ1n) is 7.72. The number of azide groups is 1. The summed E-state index contributed by atoms with van der Waals surface area (Å²) in [4.78, 5) is 25.2. The largest absolute Gasteiger partial charge is 0.480 e. The molecule has 0 aromatic rings. The van der Waals surface area contributed by atoms with E-state index in [0.29, 0.717) is 19.8 Å². The third-order valence-electron chi connectivity index (χ3n) is 2.42. The molecule has 0 rings (SSSR count). The minimum absolute atomic E-state index is 0.165. The Morgan fingerprint density at radius 3 is 2.20 bits per heavy atom. The van der Waals surface area contributed by atoms with E-state index in [0.717, 1.165) is 0 Å². The van der Waals surface area contributed by atoms with Gasteiger partial charge >= 0.3 is 12.1 Å². The maximum absolute atomic E-state index is 11.6. The van der Waals surface area contributed by atoms with E-state index < -0.39 is 23.7 Å². The molecule has 0 unspecified atom stereocenters. The molecule has 0 heterocycles. The number of carboxylic acids is 1. The predicted molar refractivity (Wildman–Crippen MR) is 87.3 cm³/mol. The van der Waals surface area contributed by atoms with Crippen LogP contribution in [0.4, 0.5) is 4.79 Å². The lowest BCUT2D eigenvalue weighted by molar-refractivity contribution is -0.141. The summed E-state index contributed by atoms with van der Waals surface area (Å²) in [5, 5.41) is 14.6. The minimum Gasteiger partial charge on any atom is -0.480 e. The Bertz CT molecular complexity index is 447. The first kappa shape index (κ1) is 22.9. The van der Waals surface area contributed by atoms with Crippen molar-refractivity contribution in [3.8, 4) is 0 Å². The first-order valence-corrected chi connectivity index (χ1v) is 7.72. The van der Waals surface area contributed by atoms with Gasteiger partial charge in [0.25, 0.3) is 0 Å². The van der Waals surface area contributed by atoms with Crippen LogP contribution in [0.15, 0.2) is 5.11 Å². The standard InChI is InChI=1S/C14H26N4O7/c1-14(2,3)25-13(21)17-11(12(19)20)10-24-9-8-23-7-6-22-5-4-16-18-15/h11H,4-10H2,1-3H3,(H,17,21)(H,19,20)/t11-/m0/s1. The number of carbonyl (C=O) groups excluding carboxylic acids is 1. The van der Waals surface area contributed by atoms with Crippen LogP contribution >= 0.6 is 0 Å². The lowest BCUT2D eigenvalue weighted by Gasteiger charge is -2.22. The van der Waals surface area contributed by atoms with Crippen LogP contribution in [0.1, 0.15) is 20.8 Å². The second-order valence-electron chi connectivity index (χ2n) is 5.79. The summed E-state index contributed by atoms with van der Waals surface area (Å²) in [5.41, 5.74) is 7.34. The molecule has 0 aliphatic heterocycles. The minimum atomic E-state index is -1.22. The van der Waals surface area contributed by atoms with Crippen molar-refractivity contribution in [3.05, 3.63) is 10.4 Å². The van der Waals surface area contributed by atoms with Crippen LogP contribution in [-0.4, -0.2) is 75.0 Å². The number of rotatable bonds is 13. The Morgan fingerprint density at radius 2 is 1.68 bits per heavy atom. The van der Waals surface area contributed by atoms with Crippen LogP contribution in [0.3, 0.4) is 0 Å². The lowest BCUT2D eigenvalue weighted by Crippen LogP contribution is -2.46. The van der Waals surface area contributed by atoms with Crippen LogP contribution in [0.25, 0.3) is 10.4 Å². The van der Waals surface area contributed by atoms with E-state index in [1.165, 1.54) is 0 Å². The number of amides is 1. The molecule has 0 aliphatic carbocycles. The topological polar surface area (TPSA) is 152 Å². The van der Waals surface area contributed by atoms with Gasteiger partial charge in [-0.05, 0) is 26.3 Å². The number of alkyl carbamates (subject to hydrolysis) is 1. The zero-order valence-corrected chi connectivity index (χ0v) is 14.8. The van der Waals surface area contributed by atoms with Gasteiger partial charge in [0.2, 0.25) is 0 Å². The van der Waals surface area contributed by atoms with Gasteiger partial charge in [0, 0.05) is 11.5 Å². The summed E-state index contributed by atoms with van der Waals surface area (Å²) in [5.74, 6) is -1.22. The molecule has 144 valence electrons. The smallest absolute Gasteiger partial charge is 0.408 e. The molecule has 0 aromatic heterocycles. The Morgan fingerprint density at radius 1 is 1.12 bits per heavy atom. The average Bonchev–Trinajstić information content (AvgIpc) is 2.49. The summed E-state index contributed by atoms with van der Waals surface area (Å²) in [7, 11) is 0. The van der Waals surface area contributed by atoms with Gasteiger partial charge in [0.1, 0.15) is 5.60 Å². The highest BCUT2D eigenvalue weighted by Gasteiger charge is 2.23. The van der Waals surface area contributed by atoms with Gasteiger partial charge in [-0.25, -0.2) is 9.59 Å². The highest BCUT2D eigenvalue weighted by molar-refractivity contribution is 5.80. The third-order valence-corrected chi connectivity index (χ3v) is 2.42. The van der Waals surface area contributed by atoms with E-state index in [1.54, 1.807) is 20.8 Å². The molecule has 0 aromatic carbocycles. The highest BCUT2D eigenvalue weighted by atomic mass is 16.6. The molecular formula is C14H26N4O7. The monoisotopic (exact) mass is 362 g/mol. The number of nitrogens with one attached hydrogen (secondary N) is 1. The molecule has 25 heavy (non-hydrogen) atoms. The Labute approximate surface area is 146 Å². The summed E-state index contributed by atoms with van der Waals surface area (Å²) < 4.78 is 20.5. The van der Waals surface area contributed by atoms with Crippen molar-refractivity contribution in [2.24, 2.45) is 5.11 Å². The predicted octanol–water partition coefficient (Wildman–Crippen LogP) is 1.32. The van der Waals surface area contributed by atoms with E-state index in [2.05, 4.69) is 15.3 Å². The van der Waals surface area contributed by atoms with Gasteiger partial charge in [-0.1, -0.05) is 5.11 Å². The van der Waals surface area contributed by atoms with Crippen LogP contribution in [-0.2, 0) is 23.7 Å². The van der Waals surface area contributed by atoms with E-state index in [1.807, 2.05) is 0 Å². The third kappa shape index (κ3) is 15.2. The van der Waals surface area contributed by atoms with Crippen molar-refractivity contribution in [1.29, 1.82) is 0 Å². The molecule has 1 atom stereocenters. The van der Waals surface area contributed by atoms with Crippen LogP contribution < -0.4 is 5.32 Å². The highest BCUT2D eigenvalue weighted by Crippen LogP contribution is 2.06. The second-order valence-corrected chi connectivity index (χ2v) is 5.79. The Hall–Kier alpha value is -2.07. The van der Waals surface area contributed by atoms with Gasteiger partial charge in [-0.2, -0.15) is 0 Å². The molecule has 0 saturated heterocycles. The molecular weight excluding hydrogens is 336 g/mol. The molecule has 11 heteroatoms. The van der Waals surface area contributed by atoms with Crippen molar-refractivity contribution < 1.29 is 33.6 Å². The average molecular weight is 362 g/mol. The maximum Gasteiger partial charge on any atom is 0.408 e. The fraction of sp³-hybridized carbons (Fsp3) is 0.857. The molecule has 0 radical (unpaired) electrons. The van der Waals surface area contributed by atoms with Crippen molar-refractivity contribution in [1.82, 2.24) is 5.32 Å². The number of ether oxygens (including phenoxy) is 4. The van der Waals surface area contributed by atoms with Crippen LogP contribution in [0, 0.1) is 0 Å². The van der Waals surface area contributed by atoms with Gasteiger partial charge in [0.15, 0.2) is 6.04 Å². The van der Waals surface area contributed by atoms with Crippen molar-refractivity contribution >= 4 is 12.1 Å². The molecule has 0 fully saturated rings. The summed E-state index contributed by atoms with van der Waals surface area (Å²) in [6.45, 7) is 6.50. The molecule has 2 N–H and O–H groups in total. The zero-order valence-electron chi connectivity index (χ0n) is 14.8. The molecule has 11 nitrogen and oxygen atoms in total. The number of hydrogen-bond donors (Lipinski definition) is 2. The van der Waals surface area contributed by atoms with Crippen LogP contribution in [0.2, 0.25) is 0 Å². The lowest BCUT2D eigenvalue weighted by atomic mass is 10.2. The summed E-state index contributed by atoms with van der Waals surface area (Å²) >= 11 is 0. The van der Waals surface area contributed by atoms with Crippen molar-refractivity contribution in [3.63, 3.8) is 0 Å². The van der Waals surface area contributed by atoms with Gasteiger partial charge in [0.05, 0.1) is 39.6 Å². The van der Waals surface area contributed by atoms with E-state index in [-0.39, 0.29) is 26.4 Å². The second kappa shape index (κ2) is 13.2. The molecule has 0 aliphatic rings. The zero-order chi connectivity index (χ0) is 19.1. The molecule has 0 bridgehead atoms. The summed E-state index contributed by atoms with van der Waals surface area (Å²) in [6, 6.07) is -1.21. The van der Waals surface area contributed by atoms with Crippen molar-refractivity contribution in [2.75, 3.05) is 46.2 Å². The van der Waals surface area contributed by atoms with Gasteiger partial charge < -0.3 is 29.4 Å². The molecule has 0 spiro atoms. The summed E-state index contributed by atoms with van der Waals surface area (Å²) in [6.07, 6.45) is -0.822. The van der Waals surface area contributed by atoms with Crippen LogP contribution in [0.5, 0.6) is 0 Å². The number of hydrogen-bond acceptors (Lipinski definition) is 7. The fourth-order valence-corrected chi connectivity index (χ4v) is 1.42. The van der Waals surface area contributed by atoms with Gasteiger partial charge in [-0.15, -0.1) is 0 Å². The number of aliphatic carboxylic acids is 1. The first-order chi connectivity index (χ1) is 11.8. The number of nitrogens with zero attached hydrogens (tertiary/aromatic N) is 3. The Kier molecular flexibility index (Phi) is 12.1. The quantitative estimate of drug-likeness (QED) is 0.217. The van der Waals surface area contributed by atoms with Gasteiger partial charge in [-0.3, -0.25) is 0 Å². The van der Waals surface area contributed by atoms with E-state index in [4.69, 9.17) is 29.6 Å². The number of carboxylic acid groups (broad SMARTS) is 1.